The molecule has 1 heterocycles. The van der Waals surface area contributed by atoms with Crippen LogP contribution in [0.25, 0.3) is 6.08 Å². The lowest BCUT2D eigenvalue weighted by molar-refractivity contribution is -0.385. The van der Waals surface area contributed by atoms with Gasteiger partial charge < -0.3 is 14.2 Å². The summed E-state index contributed by atoms with van der Waals surface area (Å²) < 4.78 is 17.1. The number of cyclic esters (lactones) is 1. The third-order valence-electron chi connectivity index (χ3n) is 5.27. The highest BCUT2D eigenvalue weighted by Gasteiger charge is 2.26. The lowest BCUT2D eigenvalue weighted by Crippen LogP contribution is -2.12. The van der Waals surface area contributed by atoms with Crippen molar-refractivity contribution in [2.75, 3.05) is 13.7 Å². The maximum Gasteiger partial charge on any atom is 0.363 e. The van der Waals surface area contributed by atoms with Gasteiger partial charge in [-0.15, -0.1) is 0 Å². The summed E-state index contributed by atoms with van der Waals surface area (Å²) in [5, 5.41) is 11.2. The molecule has 0 N–H and O–H groups in total. The molecule has 3 aromatic rings. The van der Waals surface area contributed by atoms with Crippen LogP contribution in [0.4, 0.5) is 5.69 Å². The van der Waals surface area contributed by atoms with Gasteiger partial charge in [0.1, 0.15) is 0 Å². The molecule has 0 radical (unpaired) electrons. The zero-order valence-electron chi connectivity index (χ0n) is 19.2. The first-order chi connectivity index (χ1) is 17.3. The van der Waals surface area contributed by atoms with Crippen molar-refractivity contribution in [1.29, 1.82) is 0 Å². The van der Waals surface area contributed by atoms with E-state index in [4.69, 9.17) is 14.2 Å². The highest BCUT2D eigenvalue weighted by atomic mass is 127. The zero-order valence-corrected chi connectivity index (χ0v) is 21.3. The number of benzene rings is 3. The first-order valence-electron chi connectivity index (χ1n) is 10.6. The van der Waals surface area contributed by atoms with E-state index in [2.05, 4.69) is 27.6 Å². The van der Waals surface area contributed by atoms with Crippen molar-refractivity contribution in [2.45, 2.75) is 6.92 Å². The van der Waals surface area contributed by atoms with Gasteiger partial charge in [0, 0.05) is 22.8 Å². The molecule has 0 bridgehead atoms. The van der Waals surface area contributed by atoms with Crippen molar-refractivity contribution in [3.05, 3.63) is 102 Å². The fourth-order valence-corrected chi connectivity index (χ4v) is 4.22. The third kappa shape index (κ3) is 5.43. The molecule has 182 valence electrons. The van der Waals surface area contributed by atoms with Gasteiger partial charge in [-0.05, 0) is 59.4 Å². The Morgan fingerprint density at radius 2 is 1.92 bits per heavy atom. The summed E-state index contributed by atoms with van der Waals surface area (Å²) in [5.74, 6) is -0.105. The van der Waals surface area contributed by atoms with Gasteiger partial charge in [0.05, 0.1) is 15.6 Å². The predicted octanol–water partition coefficient (Wildman–Crippen LogP) is 5.12. The molecule has 0 saturated heterocycles. The first kappa shape index (κ1) is 25.0. The van der Waals surface area contributed by atoms with E-state index in [0.717, 1.165) is 0 Å². The minimum absolute atomic E-state index is 0.0182. The summed E-state index contributed by atoms with van der Waals surface area (Å²) >= 11 is 2.05. The van der Waals surface area contributed by atoms with Crippen LogP contribution in [0.3, 0.4) is 0 Å². The fraction of sp³-hybridized carbons (Fsp3) is 0.115. The number of carbonyl (C=O) groups excluding carboxylic acids is 2. The molecule has 9 nitrogen and oxygen atoms in total. The maximum atomic E-state index is 12.4. The monoisotopic (exact) mass is 598 g/mol. The van der Waals surface area contributed by atoms with Gasteiger partial charge in [0.15, 0.2) is 29.6 Å². The number of esters is 1. The number of rotatable bonds is 8. The summed E-state index contributed by atoms with van der Waals surface area (Å²) in [4.78, 5) is 39.8. The number of aliphatic imine (C=N–C) groups is 1. The molecule has 0 spiro atoms. The van der Waals surface area contributed by atoms with Gasteiger partial charge in [0.2, 0.25) is 5.90 Å². The Bertz CT molecular complexity index is 1430. The van der Waals surface area contributed by atoms with Crippen LogP contribution in [-0.4, -0.2) is 36.3 Å². The van der Waals surface area contributed by atoms with Crippen LogP contribution in [0.2, 0.25) is 0 Å². The Labute approximate surface area is 219 Å². The van der Waals surface area contributed by atoms with Crippen molar-refractivity contribution in [2.24, 2.45) is 4.99 Å². The smallest absolute Gasteiger partial charge is 0.363 e. The number of nitrogens with zero attached hydrogens (tertiary/aromatic N) is 2. The second-order valence-corrected chi connectivity index (χ2v) is 8.87. The Balaban J connectivity index is 1.58. The summed E-state index contributed by atoms with van der Waals surface area (Å²) in [7, 11) is 1.47. The first-order valence-corrected chi connectivity index (χ1v) is 11.7. The minimum Gasteiger partial charge on any atom is -0.493 e. The molecule has 10 heteroatoms. The third-order valence-corrected chi connectivity index (χ3v) is 6.07. The van der Waals surface area contributed by atoms with E-state index in [-0.39, 0.29) is 29.7 Å². The number of nitro groups is 1. The van der Waals surface area contributed by atoms with E-state index in [1.54, 1.807) is 55.5 Å². The van der Waals surface area contributed by atoms with Crippen molar-refractivity contribution >= 4 is 52.0 Å². The van der Waals surface area contributed by atoms with Crippen LogP contribution in [0, 0.1) is 20.6 Å². The Kier molecular flexibility index (Phi) is 7.44. The van der Waals surface area contributed by atoms with Crippen molar-refractivity contribution in [3.63, 3.8) is 0 Å². The van der Waals surface area contributed by atoms with E-state index >= 15 is 0 Å². The number of carbonyl (C=O) groups is 2. The van der Waals surface area contributed by atoms with Crippen LogP contribution in [-0.2, 0) is 9.53 Å². The molecule has 4 rings (SSSR count). The summed E-state index contributed by atoms with van der Waals surface area (Å²) in [6.45, 7) is 1.45. The summed E-state index contributed by atoms with van der Waals surface area (Å²) in [6.07, 6.45) is 1.52. The van der Waals surface area contributed by atoms with Crippen molar-refractivity contribution in [1.82, 2.24) is 0 Å². The van der Waals surface area contributed by atoms with Gasteiger partial charge in [-0.1, -0.05) is 36.4 Å². The van der Waals surface area contributed by atoms with Crippen LogP contribution in [0.5, 0.6) is 11.5 Å². The second kappa shape index (κ2) is 10.7. The molecule has 0 aliphatic carbocycles. The normalized spacial score (nSPS) is 13.8. The van der Waals surface area contributed by atoms with Crippen LogP contribution in [0.1, 0.15) is 27.0 Å². The molecule has 0 atom stereocenters. The molecule has 0 fully saturated rings. The number of halogens is 1. The number of ketones is 1. The van der Waals surface area contributed by atoms with Gasteiger partial charge >= 0.3 is 5.97 Å². The predicted molar refractivity (Wildman–Crippen MR) is 140 cm³/mol. The molecule has 0 saturated carbocycles. The summed E-state index contributed by atoms with van der Waals surface area (Å²) in [6, 6.07) is 16.7. The number of ether oxygens (including phenoxy) is 3. The highest BCUT2D eigenvalue weighted by Crippen LogP contribution is 2.35. The Hall–Kier alpha value is -4.06. The van der Waals surface area contributed by atoms with Gasteiger partial charge in [-0.25, -0.2) is 9.79 Å². The quantitative estimate of drug-likeness (QED) is 0.0882. The van der Waals surface area contributed by atoms with E-state index in [1.807, 2.05) is 6.07 Å². The molecule has 1 aliphatic heterocycles. The van der Waals surface area contributed by atoms with Gasteiger partial charge in [0.25, 0.3) is 5.69 Å². The van der Waals surface area contributed by atoms with E-state index < -0.39 is 10.9 Å². The molecule has 36 heavy (non-hydrogen) atoms. The molecule has 0 aromatic heterocycles. The minimum atomic E-state index is -0.684. The zero-order chi connectivity index (χ0) is 25.8. The second-order valence-electron chi connectivity index (χ2n) is 7.71. The van der Waals surface area contributed by atoms with E-state index in [0.29, 0.717) is 37.3 Å². The van der Waals surface area contributed by atoms with E-state index in [9.17, 15) is 19.7 Å². The fourth-order valence-electron chi connectivity index (χ4n) is 3.44. The standard InChI is InChI=1S/C26H19IN2O7/c1-15-8-9-18(13-21(15)29(32)33)25-28-20(26(31)36-25)11-16-10-19(27)24(23(12-16)34-2)35-14-22(30)17-6-4-3-5-7-17/h3-13H,14H2,1-2H3/b20-11-. The van der Waals surface area contributed by atoms with Gasteiger partial charge in [-0.3, -0.25) is 14.9 Å². The Morgan fingerprint density at radius 3 is 2.61 bits per heavy atom. The largest absolute Gasteiger partial charge is 0.493 e. The van der Waals surface area contributed by atoms with Gasteiger partial charge in [-0.2, -0.15) is 0 Å². The van der Waals surface area contributed by atoms with Crippen LogP contribution in [0.15, 0.2) is 71.4 Å². The topological polar surface area (TPSA) is 117 Å². The number of Topliss-reactive ketones (excluding diaryl/α,β-unsaturated/α-hetero) is 1. The summed E-state index contributed by atoms with van der Waals surface area (Å²) in [5.41, 5.74) is 1.87. The number of methoxy groups -OCH3 is 1. The van der Waals surface area contributed by atoms with Crippen LogP contribution >= 0.6 is 22.6 Å². The highest BCUT2D eigenvalue weighted by molar-refractivity contribution is 14.1. The molecule has 1 aliphatic rings. The van der Waals surface area contributed by atoms with Crippen molar-refractivity contribution < 1.29 is 28.7 Å². The molecular weight excluding hydrogens is 579 g/mol. The molecule has 3 aromatic carbocycles. The molecule has 0 amide bonds. The maximum absolute atomic E-state index is 12.4. The van der Waals surface area contributed by atoms with Crippen molar-refractivity contribution in [3.8, 4) is 11.5 Å². The average Bonchev–Trinajstić information content (AvgIpc) is 3.23. The number of hydrogen-bond donors (Lipinski definition) is 0. The average molecular weight is 598 g/mol. The SMILES string of the molecule is COc1cc(/C=C2\N=C(c3ccc(C)c([N+](=O)[O-])c3)OC2=O)cc(I)c1OCC(=O)c1ccccc1. The van der Waals surface area contributed by atoms with E-state index in [1.165, 1.54) is 19.3 Å². The number of nitro benzene ring substituents is 1. The Morgan fingerprint density at radius 1 is 1.17 bits per heavy atom. The van der Waals surface area contributed by atoms with Crippen LogP contribution < -0.4 is 9.47 Å². The lowest BCUT2D eigenvalue weighted by atomic mass is 10.1. The number of aryl methyl sites for hydroxylation is 1. The molecule has 0 unspecified atom stereocenters. The number of hydrogen-bond acceptors (Lipinski definition) is 8. The lowest BCUT2D eigenvalue weighted by Gasteiger charge is -2.13. The molecular formula is C26H19IN2O7.